The highest BCUT2D eigenvalue weighted by atomic mass is 127. The zero-order valence-corrected chi connectivity index (χ0v) is 16.1. The van der Waals surface area contributed by atoms with E-state index in [1.165, 1.54) is 12.1 Å². The van der Waals surface area contributed by atoms with Crippen LogP contribution in [0.25, 0.3) is 0 Å². The quantitative estimate of drug-likeness (QED) is 0.405. The Labute approximate surface area is 158 Å². The van der Waals surface area contributed by atoms with Gasteiger partial charge < -0.3 is 15.4 Å². The number of guanidine groups is 1. The molecule has 1 aromatic carbocycles. The van der Waals surface area contributed by atoms with E-state index in [-0.39, 0.29) is 29.8 Å². The van der Waals surface area contributed by atoms with Crippen LogP contribution in [0.2, 0.25) is 0 Å². The normalized spacial score (nSPS) is 9.62. The number of aliphatic imine (C=N–C) groups is 1. The number of nitrogens with zero attached hydrogens (tertiary/aromatic N) is 2. The van der Waals surface area contributed by atoms with E-state index in [9.17, 15) is 4.39 Å². The molecule has 0 radical (unpaired) electrons. The number of benzene rings is 1. The van der Waals surface area contributed by atoms with Crippen LogP contribution in [-0.4, -0.2) is 24.0 Å². The lowest BCUT2D eigenvalue weighted by Crippen LogP contribution is -2.36. The zero-order chi connectivity index (χ0) is 16.5. The van der Waals surface area contributed by atoms with E-state index in [2.05, 4.69) is 20.6 Å². The minimum Gasteiger partial charge on any atom is -0.439 e. The topological polar surface area (TPSA) is 58.5 Å². The van der Waals surface area contributed by atoms with Gasteiger partial charge in [0.2, 0.25) is 5.88 Å². The Morgan fingerprint density at radius 3 is 2.29 bits per heavy atom. The molecule has 130 valence electrons. The Bertz CT molecular complexity index is 624. The van der Waals surface area contributed by atoms with Gasteiger partial charge in [0.1, 0.15) is 11.6 Å². The van der Waals surface area contributed by atoms with Gasteiger partial charge in [0, 0.05) is 25.4 Å². The number of ether oxygens (including phenoxy) is 1. The Kier molecular flexibility index (Phi) is 9.06. The summed E-state index contributed by atoms with van der Waals surface area (Å²) in [5.74, 6) is 1.49. The van der Waals surface area contributed by atoms with E-state index in [1.54, 1.807) is 24.4 Å². The number of rotatable bonds is 6. The van der Waals surface area contributed by atoms with Gasteiger partial charge in [-0.15, -0.1) is 24.0 Å². The summed E-state index contributed by atoms with van der Waals surface area (Å²) >= 11 is 0. The molecule has 5 nitrogen and oxygen atoms in total. The molecule has 0 aliphatic carbocycles. The molecule has 0 amide bonds. The molecule has 0 saturated carbocycles. The largest absolute Gasteiger partial charge is 0.439 e. The Morgan fingerprint density at radius 1 is 1.08 bits per heavy atom. The fourth-order valence-electron chi connectivity index (χ4n) is 1.87. The van der Waals surface area contributed by atoms with Crippen molar-refractivity contribution in [3.05, 3.63) is 54.0 Å². The molecule has 0 atom stereocenters. The van der Waals surface area contributed by atoms with Gasteiger partial charge in [0.15, 0.2) is 5.96 Å². The van der Waals surface area contributed by atoms with Crippen LogP contribution in [0, 0.1) is 5.82 Å². The predicted molar refractivity (Wildman–Crippen MR) is 105 cm³/mol. The van der Waals surface area contributed by atoms with E-state index in [4.69, 9.17) is 4.74 Å². The molecule has 2 rings (SSSR count). The molecule has 24 heavy (non-hydrogen) atoms. The predicted octanol–water partition coefficient (Wildman–Crippen LogP) is 3.71. The summed E-state index contributed by atoms with van der Waals surface area (Å²) in [6.45, 7) is 6.20. The molecule has 0 spiro atoms. The summed E-state index contributed by atoms with van der Waals surface area (Å²) in [5, 5.41) is 6.33. The van der Waals surface area contributed by atoms with Crippen LogP contribution >= 0.6 is 24.0 Å². The summed E-state index contributed by atoms with van der Waals surface area (Å²) in [6.07, 6.45) is 1.72. The van der Waals surface area contributed by atoms with E-state index >= 15 is 0 Å². The summed E-state index contributed by atoms with van der Waals surface area (Å²) in [5.41, 5.74) is 0.977. The zero-order valence-electron chi connectivity index (χ0n) is 13.8. The second-order valence-corrected chi connectivity index (χ2v) is 4.79. The number of aromatic nitrogens is 1. The van der Waals surface area contributed by atoms with Crippen LogP contribution < -0.4 is 15.4 Å². The molecule has 0 bridgehead atoms. The molecule has 2 aromatic rings. The number of halogens is 2. The van der Waals surface area contributed by atoms with Crippen LogP contribution in [0.5, 0.6) is 11.6 Å². The van der Waals surface area contributed by atoms with E-state index in [0.717, 1.165) is 24.6 Å². The molecule has 7 heteroatoms. The van der Waals surface area contributed by atoms with Crippen LogP contribution in [-0.2, 0) is 6.54 Å². The molecular formula is C17H22FIN4O. The van der Waals surface area contributed by atoms with Gasteiger partial charge in [-0.25, -0.2) is 14.4 Å². The van der Waals surface area contributed by atoms with Crippen molar-refractivity contribution in [2.45, 2.75) is 20.4 Å². The second kappa shape index (κ2) is 10.8. The van der Waals surface area contributed by atoms with Crippen LogP contribution in [0.3, 0.4) is 0 Å². The summed E-state index contributed by atoms with van der Waals surface area (Å²) < 4.78 is 18.4. The summed E-state index contributed by atoms with van der Waals surface area (Å²) in [4.78, 5) is 8.71. The van der Waals surface area contributed by atoms with Crippen molar-refractivity contribution in [3.8, 4) is 11.6 Å². The lowest BCUT2D eigenvalue weighted by atomic mass is 10.3. The highest BCUT2D eigenvalue weighted by molar-refractivity contribution is 14.0. The lowest BCUT2D eigenvalue weighted by Gasteiger charge is -2.09. The van der Waals surface area contributed by atoms with Crippen LogP contribution in [0.1, 0.15) is 19.4 Å². The molecule has 0 aliphatic heterocycles. The van der Waals surface area contributed by atoms with Gasteiger partial charge in [0.05, 0.1) is 6.54 Å². The van der Waals surface area contributed by atoms with Crippen LogP contribution in [0.15, 0.2) is 47.6 Å². The highest BCUT2D eigenvalue weighted by Crippen LogP contribution is 2.19. The maximum atomic E-state index is 12.8. The third kappa shape index (κ3) is 6.69. The van der Waals surface area contributed by atoms with Gasteiger partial charge in [-0.1, -0.05) is 6.07 Å². The minimum atomic E-state index is -0.296. The van der Waals surface area contributed by atoms with Crippen molar-refractivity contribution in [2.24, 2.45) is 4.99 Å². The molecule has 0 unspecified atom stereocenters. The maximum Gasteiger partial charge on any atom is 0.219 e. The van der Waals surface area contributed by atoms with Gasteiger partial charge in [-0.3, -0.25) is 0 Å². The first-order valence-corrected chi connectivity index (χ1v) is 7.61. The van der Waals surface area contributed by atoms with E-state index in [0.29, 0.717) is 18.2 Å². The Hall–Kier alpha value is -1.90. The van der Waals surface area contributed by atoms with Crippen molar-refractivity contribution in [3.63, 3.8) is 0 Å². The van der Waals surface area contributed by atoms with Crippen molar-refractivity contribution in [2.75, 3.05) is 13.1 Å². The average molecular weight is 444 g/mol. The van der Waals surface area contributed by atoms with Crippen LogP contribution in [0.4, 0.5) is 4.39 Å². The molecular weight excluding hydrogens is 422 g/mol. The first kappa shape index (κ1) is 20.1. The van der Waals surface area contributed by atoms with Crippen molar-refractivity contribution in [1.29, 1.82) is 0 Å². The van der Waals surface area contributed by atoms with Gasteiger partial charge >= 0.3 is 0 Å². The number of hydrogen-bond donors (Lipinski definition) is 2. The van der Waals surface area contributed by atoms with Crippen molar-refractivity contribution >= 4 is 29.9 Å². The number of nitrogens with one attached hydrogen (secondary N) is 2. The molecule has 1 aromatic heterocycles. The molecule has 0 saturated heterocycles. The first-order valence-electron chi connectivity index (χ1n) is 7.61. The van der Waals surface area contributed by atoms with Gasteiger partial charge in [-0.2, -0.15) is 0 Å². The average Bonchev–Trinajstić information content (AvgIpc) is 2.56. The molecule has 0 fully saturated rings. The molecule has 2 N–H and O–H groups in total. The van der Waals surface area contributed by atoms with Crippen molar-refractivity contribution in [1.82, 2.24) is 15.6 Å². The third-order valence-electron chi connectivity index (χ3n) is 2.94. The summed E-state index contributed by atoms with van der Waals surface area (Å²) in [7, 11) is 0. The fourth-order valence-corrected chi connectivity index (χ4v) is 1.87. The first-order chi connectivity index (χ1) is 11.2. The Balaban J connectivity index is 0.00000288. The third-order valence-corrected chi connectivity index (χ3v) is 2.94. The summed E-state index contributed by atoms with van der Waals surface area (Å²) in [6, 6.07) is 9.50. The number of hydrogen-bond acceptors (Lipinski definition) is 3. The van der Waals surface area contributed by atoms with E-state index in [1.807, 2.05) is 19.9 Å². The SMILES string of the molecule is CCNC(=NCc1ccc(Oc2ccc(F)cc2)nc1)NCC.I. The highest BCUT2D eigenvalue weighted by Gasteiger charge is 2.01. The minimum absolute atomic E-state index is 0. The Morgan fingerprint density at radius 2 is 1.75 bits per heavy atom. The maximum absolute atomic E-state index is 12.8. The van der Waals surface area contributed by atoms with Gasteiger partial charge in [0.25, 0.3) is 0 Å². The smallest absolute Gasteiger partial charge is 0.219 e. The molecule has 0 aliphatic rings. The standard InChI is InChI=1S/C17H21FN4O.HI/c1-3-19-17(20-4-2)22-12-13-5-10-16(21-11-13)23-15-8-6-14(18)7-9-15;/h5-11H,3-4,12H2,1-2H3,(H2,19,20,22);1H. The molecule has 1 heterocycles. The second-order valence-electron chi connectivity index (χ2n) is 4.79. The van der Waals surface area contributed by atoms with Crippen molar-refractivity contribution < 1.29 is 9.13 Å². The number of pyridine rings is 1. The fraction of sp³-hybridized carbons (Fsp3) is 0.294. The lowest BCUT2D eigenvalue weighted by molar-refractivity contribution is 0.461. The van der Waals surface area contributed by atoms with E-state index < -0.39 is 0 Å². The van der Waals surface area contributed by atoms with Gasteiger partial charge in [-0.05, 0) is 43.7 Å². The monoisotopic (exact) mass is 444 g/mol.